The number of nitrogens with zero attached hydrogens (tertiary/aromatic N) is 2. The summed E-state index contributed by atoms with van der Waals surface area (Å²) in [5, 5.41) is 7.09. The van der Waals surface area contributed by atoms with E-state index in [4.69, 9.17) is 4.42 Å². The van der Waals surface area contributed by atoms with Crippen LogP contribution in [0.15, 0.2) is 40.8 Å². The second-order valence-corrected chi connectivity index (χ2v) is 4.36. The highest BCUT2D eigenvalue weighted by atomic mass is 16.3. The summed E-state index contributed by atoms with van der Waals surface area (Å²) in [5.74, 6) is 2.48. The molecule has 0 aliphatic rings. The van der Waals surface area contributed by atoms with Crippen LogP contribution in [0.25, 0.3) is 22.7 Å². The number of nitrogens with one attached hydrogen (secondary N) is 1. The van der Waals surface area contributed by atoms with Crippen LogP contribution in [0.1, 0.15) is 23.3 Å². The van der Waals surface area contributed by atoms with Crippen molar-refractivity contribution >= 4 is 6.29 Å². The van der Waals surface area contributed by atoms with Gasteiger partial charge in [0.15, 0.2) is 17.9 Å². The average Bonchev–Trinajstić information content (AvgIpc) is 3.16. The number of aromatic nitrogens is 3. The third kappa shape index (κ3) is 2.25. The van der Waals surface area contributed by atoms with Gasteiger partial charge in [-0.15, -0.1) is 0 Å². The molecule has 2 heterocycles. The minimum absolute atomic E-state index is 0.316. The van der Waals surface area contributed by atoms with Gasteiger partial charge in [0.1, 0.15) is 11.6 Å². The van der Waals surface area contributed by atoms with E-state index >= 15 is 0 Å². The van der Waals surface area contributed by atoms with Gasteiger partial charge in [-0.2, -0.15) is 5.10 Å². The van der Waals surface area contributed by atoms with Gasteiger partial charge < -0.3 is 4.42 Å². The molecule has 0 spiro atoms. The third-order valence-corrected chi connectivity index (χ3v) is 3.01. The number of aromatic amines is 1. The van der Waals surface area contributed by atoms with Crippen LogP contribution in [0.2, 0.25) is 0 Å². The van der Waals surface area contributed by atoms with Crippen molar-refractivity contribution in [3.8, 4) is 22.7 Å². The molecule has 5 nitrogen and oxygen atoms in total. The Morgan fingerprint density at radius 2 is 2.10 bits per heavy atom. The summed E-state index contributed by atoms with van der Waals surface area (Å²) in [6.07, 6.45) is 1.50. The number of aldehydes is 1. The zero-order chi connectivity index (χ0) is 13.9. The first-order valence-electron chi connectivity index (χ1n) is 6.37. The summed E-state index contributed by atoms with van der Waals surface area (Å²) in [7, 11) is 0. The first-order chi connectivity index (χ1) is 9.80. The van der Waals surface area contributed by atoms with Gasteiger partial charge in [0.05, 0.1) is 0 Å². The number of H-pyrrole nitrogens is 1. The molecular formula is C15H13N3O2. The van der Waals surface area contributed by atoms with Crippen LogP contribution >= 0.6 is 0 Å². The second-order valence-electron chi connectivity index (χ2n) is 4.36. The van der Waals surface area contributed by atoms with E-state index < -0.39 is 0 Å². The molecule has 100 valence electrons. The molecule has 0 unspecified atom stereocenters. The van der Waals surface area contributed by atoms with Crippen LogP contribution in [0.5, 0.6) is 0 Å². The number of carbonyl (C=O) groups is 1. The van der Waals surface area contributed by atoms with E-state index in [9.17, 15) is 4.79 Å². The molecule has 0 fully saturated rings. The quantitative estimate of drug-likeness (QED) is 0.737. The number of aryl methyl sites for hydroxylation is 1. The number of hydrogen-bond acceptors (Lipinski definition) is 4. The van der Waals surface area contributed by atoms with Gasteiger partial charge in [0.25, 0.3) is 0 Å². The highest BCUT2D eigenvalue weighted by Crippen LogP contribution is 2.25. The van der Waals surface area contributed by atoms with Crippen molar-refractivity contribution in [2.75, 3.05) is 0 Å². The van der Waals surface area contributed by atoms with E-state index in [2.05, 4.69) is 15.2 Å². The van der Waals surface area contributed by atoms with Crippen molar-refractivity contribution in [3.63, 3.8) is 0 Å². The molecule has 0 atom stereocenters. The minimum atomic E-state index is 0.316. The van der Waals surface area contributed by atoms with Crippen LogP contribution in [0, 0.1) is 0 Å². The molecule has 0 saturated heterocycles. The third-order valence-electron chi connectivity index (χ3n) is 3.01. The van der Waals surface area contributed by atoms with Gasteiger partial charge in [-0.25, -0.2) is 4.98 Å². The summed E-state index contributed by atoms with van der Waals surface area (Å²) >= 11 is 0. The predicted octanol–water partition coefficient (Wildman–Crippen LogP) is 3.11. The highest BCUT2D eigenvalue weighted by Gasteiger charge is 2.08. The summed E-state index contributed by atoms with van der Waals surface area (Å²) in [6, 6.07) is 11.1. The lowest BCUT2D eigenvalue weighted by Crippen LogP contribution is -1.83. The smallest absolute Gasteiger partial charge is 0.185 e. The fraction of sp³-hybridized carbons (Fsp3) is 0.133. The van der Waals surface area contributed by atoms with E-state index in [0.717, 1.165) is 23.4 Å². The van der Waals surface area contributed by atoms with Crippen molar-refractivity contribution in [3.05, 3.63) is 48.0 Å². The van der Waals surface area contributed by atoms with Crippen molar-refractivity contribution in [1.82, 2.24) is 15.2 Å². The van der Waals surface area contributed by atoms with E-state index in [-0.39, 0.29) is 0 Å². The Hall–Kier alpha value is -2.69. The molecule has 5 heteroatoms. The largest absolute Gasteiger partial charge is 0.453 e. The monoisotopic (exact) mass is 267 g/mol. The first-order valence-corrected chi connectivity index (χ1v) is 6.37. The summed E-state index contributed by atoms with van der Waals surface area (Å²) < 4.78 is 5.42. The normalized spacial score (nSPS) is 10.7. The van der Waals surface area contributed by atoms with Gasteiger partial charge in [-0.3, -0.25) is 9.89 Å². The lowest BCUT2D eigenvalue weighted by atomic mass is 10.1. The van der Waals surface area contributed by atoms with E-state index in [1.165, 1.54) is 0 Å². The van der Waals surface area contributed by atoms with Crippen molar-refractivity contribution in [2.24, 2.45) is 0 Å². The number of rotatable bonds is 4. The zero-order valence-electron chi connectivity index (χ0n) is 11.0. The maximum Gasteiger partial charge on any atom is 0.185 e. The van der Waals surface area contributed by atoms with E-state index in [1.54, 1.807) is 12.1 Å². The van der Waals surface area contributed by atoms with Crippen molar-refractivity contribution in [1.29, 1.82) is 0 Å². The molecule has 0 bridgehead atoms. The molecule has 0 saturated carbocycles. The summed E-state index contributed by atoms with van der Waals surface area (Å²) in [4.78, 5) is 15.1. The predicted molar refractivity (Wildman–Crippen MR) is 74.3 cm³/mol. The van der Waals surface area contributed by atoms with E-state index in [1.807, 2.05) is 31.2 Å². The van der Waals surface area contributed by atoms with Gasteiger partial charge >= 0.3 is 0 Å². The van der Waals surface area contributed by atoms with Crippen LogP contribution in [-0.4, -0.2) is 21.5 Å². The molecule has 0 aliphatic carbocycles. The van der Waals surface area contributed by atoms with E-state index in [0.29, 0.717) is 23.6 Å². The van der Waals surface area contributed by atoms with Crippen LogP contribution < -0.4 is 0 Å². The Labute approximate surface area is 115 Å². The highest BCUT2D eigenvalue weighted by molar-refractivity contribution is 5.74. The maximum absolute atomic E-state index is 10.7. The molecule has 0 radical (unpaired) electrons. The number of carbonyl (C=O) groups excluding carboxylic acids is 1. The fourth-order valence-corrected chi connectivity index (χ4v) is 1.97. The standard InChI is InChI=1S/C15H13N3O2/c1-2-14-16-15(18-17-14)11-5-3-4-10(8-11)13-7-6-12(9-19)20-13/h3-9H,2H2,1H3,(H,16,17,18). The molecule has 20 heavy (non-hydrogen) atoms. The number of hydrogen-bond donors (Lipinski definition) is 1. The Morgan fingerprint density at radius 1 is 1.25 bits per heavy atom. The Kier molecular flexibility index (Phi) is 3.16. The lowest BCUT2D eigenvalue weighted by Gasteiger charge is -1.99. The van der Waals surface area contributed by atoms with Crippen molar-refractivity contribution < 1.29 is 9.21 Å². The SMILES string of the molecule is CCc1nc(-c2cccc(-c3ccc(C=O)o3)c2)n[nH]1. The maximum atomic E-state index is 10.7. The number of benzene rings is 1. The van der Waals surface area contributed by atoms with Gasteiger partial charge in [0.2, 0.25) is 0 Å². The lowest BCUT2D eigenvalue weighted by molar-refractivity contribution is 0.110. The second kappa shape index (κ2) is 5.13. The number of furan rings is 1. The molecule has 1 aromatic carbocycles. The van der Waals surface area contributed by atoms with Crippen molar-refractivity contribution in [2.45, 2.75) is 13.3 Å². The van der Waals surface area contributed by atoms with Gasteiger partial charge in [-0.1, -0.05) is 25.1 Å². The average molecular weight is 267 g/mol. The zero-order valence-corrected chi connectivity index (χ0v) is 11.0. The van der Waals surface area contributed by atoms with Crippen LogP contribution in [-0.2, 0) is 6.42 Å². The topological polar surface area (TPSA) is 71.8 Å². The Balaban J connectivity index is 1.98. The van der Waals surface area contributed by atoms with Gasteiger partial charge in [-0.05, 0) is 18.2 Å². The van der Waals surface area contributed by atoms with Crippen LogP contribution in [0.4, 0.5) is 0 Å². The summed E-state index contributed by atoms with van der Waals surface area (Å²) in [6.45, 7) is 2.02. The molecule has 3 rings (SSSR count). The Morgan fingerprint density at radius 3 is 2.80 bits per heavy atom. The van der Waals surface area contributed by atoms with Gasteiger partial charge in [0, 0.05) is 17.5 Å². The molecular weight excluding hydrogens is 254 g/mol. The molecule has 2 aromatic heterocycles. The van der Waals surface area contributed by atoms with Crippen LogP contribution in [0.3, 0.4) is 0 Å². The molecule has 0 aliphatic heterocycles. The Bertz CT molecular complexity index is 743. The summed E-state index contributed by atoms with van der Waals surface area (Å²) in [5.41, 5.74) is 1.79. The molecule has 0 amide bonds. The molecule has 1 N–H and O–H groups in total. The fourth-order valence-electron chi connectivity index (χ4n) is 1.97. The molecule has 3 aromatic rings. The first kappa shape index (κ1) is 12.3. The minimum Gasteiger partial charge on any atom is -0.453 e.